The number of hydrogen-bond acceptors (Lipinski definition) is 4. The van der Waals surface area contributed by atoms with Gasteiger partial charge < -0.3 is 20.1 Å². The van der Waals surface area contributed by atoms with Crippen LogP contribution in [0.3, 0.4) is 0 Å². The summed E-state index contributed by atoms with van der Waals surface area (Å²) in [6.45, 7) is 11.8. The summed E-state index contributed by atoms with van der Waals surface area (Å²) in [5.41, 5.74) is 0. The molecule has 0 fully saturated rings. The first kappa shape index (κ1) is 22.3. The van der Waals surface area contributed by atoms with Crippen LogP contribution >= 0.6 is 0 Å². The summed E-state index contributed by atoms with van der Waals surface area (Å²) in [5, 5.41) is 6.43. The van der Waals surface area contributed by atoms with Crippen molar-refractivity contribution in [3.8, 4) is 11.5 Å². The maximum absolute atomic E-state index is 12.1. The molecule has 0 aromatic heterocycles. The quantitative estimate of drug-likeness (QED) is 0.506. The van der Waals surface area contributed by atoms with Crippen molar-refractivity contribution < 1.29 is 13.7 Å². The lowest BCUT2D eigenvalue weighted by atomic mass is 10.3. The van der Waals surface area contributed by atoms with Gasteiger partial charge in [-0.3, -0.25) is 4.21 Å². The predicted octanol–water partition coefficient (Wildman–Crippen LogP) is 2.56. The molecular formula is C19H33N3O3S. The van der Waals surface area contributed by atoms with E-state index in [9.17, 15) is 4.21 Å². The van der Waals surface area contributed by atoms with Crippen molar-refractivity contribution in [2.75, 3.05) is 32.5 Å². The lowest BCUT2D eigenvalue weighted by molar-refractivity contribution is 0.219. The van der Waals surface area contributed by atoms with E-state index in [1.165, 1.54) is 0 Å². The van der Waals surface area contributed by atoms with Crippen LogP contribution in [0.15, 0.2) is 29.3 Å². The minimum atomic E-state index is -0.885. The number of ether oxygens (including phenoxy) is 2. The van der Waals surface area contributed by atoms with Gasteiger partial charge in [-0.25, -0.2) is 4.99 Å². The number of nitrogens with one attached hydrogen (secondary N) is 2. The highest BCUT2D eigenvalue weighted by atomic mass is 32.2. The normalized spacial score (nSPS) is 14.5. The Hall–Kier alpha value is -1.76. The zero-order valence-electron chi connectivity index (χ0n) is 16.8. The zero-order valence-corrected chi connectivity index (χ0v) is 17.6. The maximum atomic E-state index is 12.1. The Balaban J connectivity index is 2.55. The van der Waals surface area contributed by atoms with Crippen molar-refractivity contribution in [3.05, 3.63) is 24.3 Å². The fourth-order valence-corrected chi connectivity index (χ4v) is 3.00. The Morgan fingerprint density at radius 1 is 1.23 bits per heavy atom. The fourth-order valence-electron chi connectivity index (χ4n) is 2.10. The van der Waals surface area contributed by atoms with Gasteiger partial charge in [0.05, 0.1) is 13.7 Å². The molecular weight excluding hydrogens is 350 g/mol. The Morgan fingerprint density at radius 2 is 1.88 bits per heavy atom. The Morgan fingerprint density at radius 3 is 2.46 bits per heavy atom. The molecule has 0 aliphatic rings. The topological polar surface area (TPSA) is 72.0 Å². The molecule has 0 saturated heterocycles. The van der Waals surface area contributed by atoms with Gasteiger partial charge >= 0.3 is 0 Å². The number of rotatable bonds is 9. The lowest BCUT2D eigenvalue weighted by Crippen LogP contribution is -2.41. The third kappa shape index (κ3) is 8.08. The van der Waals surface area contributed by atoms with Crippen LogP contribution < -0.4 is 20.1 Å². The summed E-state index contributed by atoms with van der Waals surface area (Å²) in [4.78, 5) is 4.55. The van der Waals surface area contributed by atoms with Gasteiger partial charge in [0.1, 0.15) is 6.10 Å². The van der Waals surface area contributed by atoms with Gasteiger partial charge in [0.15, 0.2) is 17.5 Å². The summed E-state index contributed by atoms with van der Waals surface area (Å²) in [6.07, 6.45) is -0.106. The molecule has 0 saturated carbocycles. The smallest absolute Gasteiger partial charge is 0.191 e. The van der Waals surface area contributed by atoms with Crippen LogP contribution in [0, 0.1) is 0 Å². The molecule has 0 heterocycles. The molecule has 2 atom stereocenters. The number of guanidine groups is 1. The second kappa shape index (κ2) is 11.1. The van der Waals surface area contributed by atoms with Gasteiger partial charge in [-0.15, -0.1) is 0 Å². The molecule has 0 aliphatic heterocycles. The van der Waals surface area contributed by atoms with E-state index in [0.29, 0.717) is 36.3 Å². The molecule has 1 aromatic carbocycles. The largest absolute Gasteiger partial charge is 0.493 e. The first-order valence-electron chi connectivity index (χ1n) is 8.98. The molecule has 0 bridgehead atoms. The molecule has 2 unspecified atom stereocenters. The van der Waals surface area contributed by atoms with Crippen molar-refractivity contribution in [2.24, 2.45) is 4.99 Å². The standard InChI is InChI=1S/C19H33N3O3S/c1-7-20-18(21-12-13-26(23)19(3,4)5)22-14-15(2)25-17-11-9-8-10-16(17)24-6/h8-11,15H,7,12-14H2,1-6H3,(H2,20,21,22). The summed E-state index contributed by atoms with van der Waals surface area (Å²) in [5.74, 6) is 2.70. The van der Waals surface area contributed by atoms with Crippen molar-refractivity contribution in [2.45, 2.75) is 45.5 Å². The number of nitrogens with zero attached hydrogens (tertiary/aromatic N) is 1. The minimum absolute atomic E-state index is 0.106. The first-order valence-corrected chi connectivity index (χ1v) is 10.3. The Bertz CT molecular complexity index is 600. The molecule has 148 valence electrons. The number of hydrogen-bond donors (Lipinski definition) is 2. The first-order chi connectivity index (χ1) is 12.3. The van der Waals surface area contributed by atoms with Crippen LogP contribution in [0.4, 0.5) is 0 Å². The summed E-state index contributed by atoms with van der Waals surface area (Å²) in [7, 11) is 0.740. The van der Waals surface area contributed by atoms with E-state index >= 15 is 0 Å². The predicted molar refractivity (Wildman–Crippen MR) is 110 cm³/mol. The van der Waals surface area contributed by atoms with Gasteiger partial charge in [0.25, 0.3) is 0 Å². The third-order valence-electron chi connectivity index (χ3n) is 3.51. The minimum Gasteiger partial charge on any atom is -0.493 e. The van der Waals surface area contributed by atoms with E-state index in [0.717, 1.165) is 6.54 Å². The number of methoxy groups -OCH3 is 1. The van der Waals surface area contributed by atoms with E-state index in [4.69, 9.17) is 9.47 Å². The average molecular weight is 384 g/mol. The molecule has 1 rings (SSSR count). The van der Waals surface area contributed by atoms with Gasteiger partial charge in [0, 0.05) is 34.4 Å². The van der Waals surface area contributed by atoms with Crippen molar-refractivity contribution in [1.29, 1.82) is 0 Å². The lowest BCUT2D eigenvalue weighted by Gasteiger charge is -2.19. The fraction of sp³-hybridized carbons (Fsp3) is 0.632. The highest BCUT2D eigenvalue weighted by Crippen LogP contribution is 2.26. The van der Waals surface area contributed by atoms with E-state index in [1.54, 1.807) is 7.11 Å². The highest BCUT2D eigenvalue weighted by molar-refractivity contribution is 7.86. The van der Waals surface area contributed by atoms with Crippen molar-refractivity contribution in [3.63, 3.8) is 0 Å². The van der Waals surface area contributed by atoms with Crippen molar-refractivity contribution >= 4 is 16.8 Å². The average Bonchev–Trinajstić information content (AvgIpc) is 2.59. The molecule has 2 N–H and O–H groups in total. The van der Waals surface area contributed by atoms with Crippen LogP contribution in [0.25, 0.3) is 0 Å². The van der Waals surface area contributed by atoms with Gasteiger partial charge in [-0.05, 0) is 46.8 Å². The third-order valence-corrected chi connectivity index (χ3v) is 5.45. The van der Waals surface area contributed by atoms with E-state index < -0.39 is 10.8 Å². The van der Waals surface area contributed by atoms with E-state index in [-0.39, 0.29) is 10.9 Å². The van der Waals surface area contributed by atoms with E-state index in [2.05, 4.69) is 15.6 Å². The van der Waals surface area contributed by atoms with Crippen LogP contribution in [-0.4, -0.2) is 53.5 Å². The Kier molecular flexibility index (Phi) is 9.48. The van der Waals surface area contributed by atoms with Crippen LogP contribution in [0.1, 0.15) is 34.6 Å². The summed E-state index contributed by atoms with van der Waals surface area (Å²) in [6, 6.07) is 7.56. The summed E-state index contributed by atoms with van der Waals surface area (Å²) >= 11 is 0. The molecule has 0 radical (unpaired) electrons. The molecule has 26 heavy (non-hydrogen) atoms. The number of benzene rings is 1. The van der Waals surface area contributed by atoms with Crippen LogP contribution in [0.5, 0.6) is 11.5 Å². The zero-order chi connectivity index (χ0) is 19.6. The second-order valence-corrected chi connectivity index (χ2v) is 9.21. The second-order valence-electron chi connectivity index (χ2n) is 6.89. The van der Waals surface area contributed by atoms with Gasteiger partial charge in [0.2, 0.25) is 0 Å². The van der Waals surface area contributed by atoms with Crippen LogP contribution in [-0.2, 0) is 10.8 Å². The molecule has 0 amide bonds. The maximum Gasteiger partial charge on any atom is 0.191 e. The highest BCUT2D eigenvalue weighted by Gasteiger charge is 2.18. The van der Waals surface area contributed by atoms with Crippen LogP contribution in [0.2, 0.25) is 0 Å². The molecule has 6 nitrogen and oxygen atoms in total. The van der Waals surface area contributed by atoms with Crippen molar-refractivity contribution in [1.82, 2.24) is 10.6 Å². The summed E-state index contributed by atoms with van der Waals surface area (Å²) < 4.78 is 23.1. The molecule has 0 aliphatic carbocycles. The van der Waals surface area contributed by atoms with Gasteiger partial charge in [-0.2, -0.15) is 0 Å². The van der Waals surface area contributed by atoms with Gasteiger partial charge in [-0.1, -0.05) is 12.1 Å². The Labute approximate surface area is 160 Å². The number of aliphatic imine (C=N–C) groups is 1. The monoisotopic (exact) mass is 383 g/mol. The molecule has 7 heteroatoms. The molecule has 0 spiro atoms. The molecule has 1 aromatic rings. The SMILES string of the molecule is CCNC(=NCC(C)Oc1ccccc1OC)NCCS(=O)C(C)(C)C. The van der Waals surface area contributed by atoms with E-state index in [1.807, 2.05) is 58.9 Å². The number of para-hydroxylation sites is 2.